The summed E-state index contributed by atoms with van der Waals surface area (Å²) in [6.07, 6.45) is 0.748. The van der Waals surface area contributed by atoms with Crippen LogP contribution in [0.1, 0.15) is 18.0 Å². The monoisotopic (exact) mass is 356 g/mol. The van der Waals surface area contributed by atoms with Crippen molar-refractivity contribution >= 4 is 6.03 Å². The van der Waals surface area contributed by atoms with E-state index in [4.69, 9.17) is 18.9 Å². The molecular weight excluding hydrogens is 336 g/mol. The molecule has 7 nitrogen and oxygen atoms in total. The second-order valence-electron chi connectivity index (χ2n) is 5.99. The molecule has 2 aromatic rings. The summed E-state index contributed by atoms with van der Waals surface area (Å²) >= 11 is 0. The highest BCUT2D eigenvalue weighted by atomic mass is 16.7. The highest BCUT2D eigenvalue weighted by molar-refractivity contribution is 5.74. The molecular formula is C19H20N2O5. The molecule has 2 aliphatic rings. The van der Waals surface area contributed by atoms with Gasteiger partial charge in [-0.1, -0.05) is 18.2 Å². The third kappa shape index (κ3) is 3.61. The predicted octanol–water partition coefficient (Wildman–Crippen LogP) is 2.62. The van der Waals surface area contributed by atoms with E-state index in [1.165, 1.54) is 0 Å². The van der Waals surface area contributed by atoms with Gasteiger partial charge in [-0.25, -0.2) is 4.79 Å². The number of para-hydroxylation sites is 1. The van der Waals surface area contributed by atoms with Gasteiger partial charge in [0.1, 0.15) is 18.1 Å². The molecule has 2 N–H and O–H groups in total. The van der Waals surface area contributed by atoms with E-state index < -0.39 is 0 Å². The minimum atomic E-state index is -0.221. The van der Waals surface area contributed by atoms with Crippen LogP contribution >= 0.6 is 0 Å². The van der Waals surface area contributed by atoms with Crippen molar-refractivity contribution < 1.29 is 23.7 Å². The third-order valence-electron chi connectivity index (χ3n) is 4.26. The lowest BCUT2D eigenvalue weighted by Gasteiger charge is -2.26. The molecule has 0 aliphatic carbocycles. The molecule has 0 saturated heterocycles. The summed E-state index contributed by atoms with van der Waals surface area (Å²) in [5, 5.41) is 5.80. The van der Waals surface area contributed by atoms with E-state index in [0.717, 1.165) is 17.7 Å². The van der Waals surface area contributed by atoms with Crippen molar-refractivity contribution in [3.63, 3.8) is 0 Å². The summed E-state index contributed by atoms with van der Waals surface area (Å²) in [6, 6.07) is 12.9. The second-order valence-corrected chi connectivity index (χ2v) is 5.99. The number of fused-ring (bicyclic) bond motifs is 2. The lowest BCUT2D eigenvalue weighted by atomic mass is 10.0. The van der Waals surface area contributed by atoms with E-state index in [2.05, 4.69) is 10.6 Å². The van der Waals surface area contributed by atoms with Gasteiger partial charge in [0, 0.05) is 18.1 Å². The van der Waals surface area contributed by atoms with Crippen LogP contribution < -0.4 is 29.6 Å². The number of carbonyl (C=O) groups excluding carboxylic acids is 1. The molecule has 7 heteroatoms. The number of hydrogen-bond donors (Lipinski definition) is 2. The van der Waals surface area contributed by atoms with Gasteiger partial charge < -0.3 is 29.6 Å². The molecule has 0 radical (unpaired) electrons. The smallest absolute Gasteiger partial charge is 0.315 e. The van der Waals surface area contributed by atoms with Crippen molar-refractivity contribution in [1.29, 1.82) is 0 Å². The Balaban J connectivity index is 1.22. The van der Waals surface area contributed by atoms with Crippen molar-refractivity contribution in [2.24, 2.45) is 0 Å². The molecule has 2 amide bonds. The van der Waals surface area contributed by atoms with Crippen LogP contribution in [0.2, 0.25) is 0 Å². The van der Waals surface area contributed by atoms with Crippen molar-refractivity contribution in [3.05, 3.63) is 48.0 Å². The Morgan fingerprint density at radius 3 is 2.92 bits per heavy atom. The largest absolute Gasteiger partial charge is 0.493 e. The van der Waals surface area contributed by atoms with Crippen LogP contribution in [0.4, 0.5) is 4.79 Å². The molecule has 2 heterocycles. The third-order valence-corrected chi connectivity index (χ3v) is 4.26. The lowest BCUT2D eigenvalue weighted by molar-refractivity contribution is 0.173. The number of urea groups is 1. The maximum atomic E-state index is 12.1. The number of nitrogens with one attached hydrogen (secondary N) is 2. The van der Waals surface area contributed by atoms with Gasteiger partial charge in [-0.05, 0) is 18.2 Å². The number of benzene rings is 2. The zero-order valence-electron chi connectivity index (χ0n) is 14.2. The molecule has 0 fully saturated rings. The van der Waals surface area contributed by atoms with E-state index in [0.29, 0.717) is 37.0 Å². The lowest BCUT2D eigenvalue weighted by Crippen LogP contribution is -2.41. The molecule has 1 unspecified atom stereocenters. The van der Waals surface area contributed by atoms with E-state index in [9.17, 15) is 4.79 Å². The maximum absolute atomic E-state index is 12.1. The first-order valence-corrected chi connectivity index (χ1v) is 8.58. The maximum Gasteiger partial charge on any atom is 0.315 e. The molecule has 2 aromatic carbocycles. The molecule has 2 aliphatic heterocycles. The van der Waals surface area contributed by atoms with Crippen LogP contribution in [0.25, 0.3) is 0 Å². The molecule has 0 bridgehead atoms. The van der Waals surface area contributed by atoms with Gasteiger partial charge in [0.2, 0.25) is 6.79 Å². The van der Waals surface area contributed by atoms with Crippen molar-refractivity contribution in [2.75, 3.05) is 26.6 Å². The number of carbonyl (C=O) groups is 1. The SMILES string of the molecule is O=C(NCCOc1ccc2c(c1)OCO2)NC1CCOc2ccccc21. The summed E-state index contributed by atoms with van der Waals surface area (Å²) in [4.78, 5) is 12.1. The summed E-state index contributed by atoms with van der Waals surface area (Å²) in [5.74, 6) is 2.89. The summed E-state index contributed by atoms with van der Waals surface area (Å²) in [7, 11) is 0. The number of ether oxygens (including phenoxy) is 4. The average molecular weight is 356 g/mol. The fourth-order valence-electron chi connectivity index (χ4n) is 3.00. The zero-order valence-corrected chi connectivity index (χ0v) is 14.2. The Bertz CT molecular complexity index is 795. The molecule has 136 valence electrons. The first-order valence-electron chi connectivity index (χ1n) is 8.58. The van der Waals surface area contributed by atoms with Gasteiger partial charge >= 0.3 is 6.03 Å². The average Bonchev–Trinajstić information content (AvgIpc) is 3.13. The van der Waals surface area contributed by atoms with E-state index in [1.807, 2.05) is 30.3 Å². The fraction of sp³-hybridized carbons (Fsp3) is 0.316. The molecule has 0 aromatic heterocycles. The van der Waals surface area contributed by atoms with Gasteiger partial charge in [-0.15, -0.1) is 0 Å². The van der Waals surface area contributed by atoms with Gasteiger partial charge in [-0.2, -0.15) is 0 Å². The molecule has 1 atom stereocenters. The number of rotatable bonds is 5. The zero-order chi connectivity index (χ0) is 17.8. The second kappa shape index (κ2) is 7.43. The van der Waals surface area contributed by atoms with Gasteiger partial charge in [0.15, 0.2) is 11.5 Å². The predicted molar refractivity (Wildman–Crippen MR) is 93.9 cm³/mol. The summed E-state index contributed by atoms with van der Waals surface area (Å²) in [5.41, 5.74) is 1.01. The Hall–Kier alpha value is -3.09. The van der Waals surface area contributed by atoms with Crippen molar-refractivity contribution in [1.82, 2.24) is 10.6 Å². The highest BCUT2D eigenvalue weighted by Gasteiger charge is 2.22. The van der Waals surface area contributed by atoms with Crippen molar-refractivity contribution in [3.8, 4) is 23.0 Å². The normalized spacial score (nSPS) is 17.0. The van der Waals surface area contributed by atoms with E-state index >= 15 is 0 Å². The molecule has 0 spiro atoms. The van der Waals surface area contributed by atoms with Gasteiger partial charge in [0.05, 0.1) is 19.2 Å². The first-order chi connectivity index (χ1) is 12.8. The van der Waals surface area contributed by atoms with Crippen LogP contribution in [-0.2, 0) is 0 Å². The minimum absolute atomic E-state index is 0.0465. The highest BCUT2D eigenvalue weighted by Crippen LogP contribution is 2.35. The molecule has 26 heavy (non-hydrogen) atoms. The summed E-state index contributed by atoms with van der Waals surface area (Å²) < 4.78 is 21.8. The Kier molecular flexibility index (Phi) is 4.68. The van der Waals surface area contributed by atoms with Gasteiger partial charge in [0.25, 0.3) is 0 Å². The first kappa shape index (κ1) is 16.4. The Morgan fingerprint density at radius 2 is 1.96 bits per heavy atom. The van der Waals surface area contributed by atoms with Crippen LogP contribution in [0.5, 0.6) is 23.0 Å². The Morgan fingerprint density at radius 1 is 1.08 bits per heavy atom. The van der Waals surface area contributed by atoms with Crippen LogP contribution in [0, 0.1) is 0 Å². The molecule has 4 rings (SSSR count). The van der Waals surface area contributed by atoms with E-state index in [1.54, 1.807) is 12.1 Å². The van der Waals surface area contributed by atoms with Crippen LogP contribution in [-0.4, -0.2) is 32.6 Å². The minimum Gasteiger partial charge on any atom is -0.493 e. The van der Waals surface area contributed by atoms with Crippen LogP contribution in [0.3, 0.4) is 0 Å². The quantitative estimate of drug-likeness (QED) is 0.806. The summed E-state index contributed by atoms with van der Waals surface area (Å²) in [6.45, 7) is 1.58. The molecule has 0 saturated carbocycles. The van der Waals surface area contributed by atoms with E-state index in [-0.39, 0.29) is 18.9 Å². The Labute approximate surface area is 151 Å². The fourth-order valence-corrected chi connectivity index (χ4v) is 3.00. The number of hydrogen-bond acceptors (Lipinski definition) is 5. The number of amides is 2. The van der Waals surface area contributed by atoms with Crippen molar-refractivity contribution in [2.45, 2.75) is 12.5 Å². The standard InChI is InChI=1S/C19H20N2O5/c22-19(21-15-7-9-24-16-4-2-1-3-14(15)16)20-8-10-23-13-5-6-17-18(11-13)26-12-25-17/h1-6,11,15H,7-10,12H2,(H2,20,21,22). The van der Waals surface area contributed by atoms with Gasteiger partial charge in [-0.3, -0.25) is 0 Å². The topological polar surface area (TPSA) is 78.1 Å². The van der Waals surface area contributed by atoms with Crippen LogP contribution in [0.15, 0.2) is 42.5 Å².